The number of hydrogen-bond acceptors (Lipinski definition) is 3. The molecular formula is C8H3BrClNOS. The van der Waals surface area contributed by atoms with Gasteiger partial charge in [-0.2, -0.15) is 0 Å². The van der Waals surface area contributed by atoms with Gasteiger partial charge in [0.25, 0.3) is 0 Å². The largest absolute Gasteiger partial charge is 0.298 e. The molecular weight excluding hydrogens is 274 g/mol. The second kappa shape index (κ2) is 3.36. The molecule has 2 aromatic rings. The summed E-state index contributed by atoms with van der Waals surface area (Å²) in [5.41, 5.74) is 0.430. The normalized spacial score (nSPS) is 10.6. The maximum Gasteiger partial charge on any atom is 0.153 e. The summed E-state index contributed by atoms with van der Waals surface area (Å²) in [6.07, 6.45) is 0.709. The molecule has 0 unspecified atom stereocenters. The van der Waals surface area contributed by atoms with E-state index in [1.807, 2.05) is 6.07 Å². The molecule has 5 heteroatoms. The number of carbonyl (C=O) groups excluding carboxylic acids is 1. The van der Waals surface area contributed by atoms with Crippen LogP contribution in [0.15, 0.2) is 15.9 Å². The third-order valence-electron chi connectivity index (χ3n) is 1.59. The second-order valence-electron chi connectivity index (χ2n) is 2.43. The number of fused-ring (bicyclic) bond motifs is 1. The highest BCUT2D eigenvalue weighted by atomic mass is 79.9. The summed E-state index contributed by atoms with van der Waals surface area (Å²) in [5.74, 6) is 0. The summed E-state index contributed by atoms with van der Waals surface area (Å²) in [4.78, 5) is 15.5. The third-order valence-corrected chi connectivity index (χ3v) is 3.44. The van der Waals surface area contributed by atoms with Crippen molar-refractivity contribution >= 4 is 55.4 Å². The van der Waals surface area contributed by atoms with Crippen molar-refractivity contribution in [2.24, 2.45) is 0 Å². The standard InChI is InChI=1S/C8H3BrClNOS/c9-6-2-4-1-5(3-12)7(10)11-8(4)13-6/h1-3H. The number of pyridine rings is 1. The lowest BCUT2D eigenvalue weighted by Gasteiger charge is -1.93. The number of halogens is 2. The van der Waals surface area contributed by atoms with E-state index in [-0.39, 0.29) is 5.15 Å². The summed E-state index contributed by atoms with van der Waals surface area (Å²) >= 11 is 10.6. The van der Waals surface area contributed by atoms with E-state index in [2.05, 4.69) is 20.9 Å². The van der Waals surface area contributed by atoms with Crippen LogP contribution < -0.4 is 0 Å². The number of aromatic nitrogens is 1. The lowest BCUT2D eigenvalue weighted by molar-refractivity contribution is 0.112. The van der Waals surface area contributed by atoms with E-state index in [9.17, 15) is 4.79 Å². The number of rotatable bonds is 1. The lowest BCUT2D eigenvalue weighted by atomic mass is 10.2. The molecule has 66 valence electrons. The van der Waals surface area contributed by atoms with E-state index in [4.69, 9.17) is 11.6 Å². The van der Waals surface area contributed by atoms with Gasteiger partial charge in [0.1, 0.15) is 9.98 Å². The Bertz CT molecular complexity index is 482. The molecule has 0 amide bonds. The first-order valence-corrected chi connectivity index (χ1v) is 5.40. The maximum absolute atomic E-state index is 10.5. The van der Waals surface area contributed by atoms with Crippen LogP contribution in [0.1, 0.15) is 10.4 Å². The summed E-state index contributed by atoms with van der Waals surface area (Å²) in [7, 11) is 0. The molecule has 0 N–H and O–H groups in total. The van der Waals surface area contributed by atoms with Gasteiger partial charge >= 0.3 is 0 Å². The van der Waals surface area contributed by atoms with Crippen LogP contribution in [0.3, 0.4) is 0 Å². The maximum atomic E-state index is 10.5. The average molecular weight is 277 g/mol. The van der Waals surface area contributed by atoms with Crippen molar-refractivity contribution in [2.75, 3.05) is 0 Å². The van der Waals surface area contributed by atoms with E-state index in [1.165, 1.54) is 11.3 Å². The Morgan fingerprint density at radius 1 is 1.54 bits per heavy atom. The Kier molecular flexibility index (Phi) is 2.36. The Labute approximate surface area is 91.7 Å². The Morgan fingerprint density at radius 3 is 3.00 bits per heavy atom. The topological polar surface area (TPSA) is 30.0 Å². The summed E-state index contributed by atoms with van der Waals surface area (Å²) in [6.45, 7) is 0. The fourth-order valence-corrected chi connectivity index (χ4v) is 2.70. The van der Waals surface area contributed by atoms with Crippen molar-refractivity contribution < 1.29 is 4.79 Å². The van der Waals surface area contributed by atoms with Crippen molar-refractivity contribution in [3.05, 3.63) is 26.6 Å². The summed E-state index contributed by atoms with van der Waals surface area (Å²) < 4.78 is 0.981. The second-order valence-corrected chi connectivity index (χ2v) is 5.20. The van der Waals surface area contributed by atoms with Crippen LogP contribution >= 0.6 is 38.9 Å². The lowest BCUT2D eigenvalue weighted by Crippen LogP contribution is -1.84. The molecule has 0 saturated carbocycles. The Hall–Kier alpha value is -0.450. The molecule has 0 aromatic carbocycles. The minimum atomic E-state index is 0.261. The van der Waals surface area contributed by atoms with Gasteiger partial charge in [-0.05, 0) is 28.1 Å². The smallest absolute Gasteiger partial charge is 0.153 e. The van der Waals surface area contributed by atoms with Crippen LogP contribution in [-0.2, 0) is 0 Å². The van der Waals surface area contributed by atoms with E-state index >= 15 is 0 Å². The van der Waals surface area contributed by atoms with Gasteiger partial charge in [0.15, 0.2) is 6.29 Å². The first-order valence-electron chi connectivity index (χ1n) is 3.41. The van der Waals surface area contributed by atoms with Crippen LogP contribution in [0.5, 0.6) is 0 Å². The van der Waals surface area contributed by atoms with E-state index < -0.39 is 0 Å². The van der Waals surface area contributed by atoms with E-state index in [0.717, 1.165) is 14.0 Å². The van der Waals surface area contributed by atoms with Gasteiger partial charge in [-0.25, -0.2) is 4.98 Å². The van der Waals surface area contributed by atoms with Gasteiger partial charge in [0, 0.05) is 5.39 Å². The van der Waals surface area contributed by atoms with Gasteiger partial charge in [-0.1, -0.05) is 11.6 Å². The zero-order chi connectivity index (χ0) is 9.42. The minimum Gasteiger partial charge on any atom is -0.298 e. The fourth-order valence-electron chi connectivity index (χ4n) is 1.02. The molecule has 0 aliphatic rings. The summed E-state index contributed by atoms with van der Waals surface area (Å²) in [5, 5.41) is 1.19. The van der Waals surface area contributed by atoms with Crippen LogP contribution in [0.4, 0.5) is 0 Å². The molecule has 2 heterocycles. The van der Waals surface area contributed by atoms with Crippen LogP contribution in [-0.4, -0.2) is 11.3 Å². The minimum absolute atomic E-state index is 0.261. The van der Waals surface area contributed by atoms with Crippen LogP contribution in [0.2, 0.25) is 5.15 Å². The highest BCUT2D eigenvalue weighted by Gasteiger charge is 2.06. The van der Waals surface area contributed by atoms with Crippen LogP contribution in [0, 0.1) is 0 Å². The van der Waals surface area contributed by atoms with Crippen molar-refractivity contribution in [1.82, 2.24) is 4.98 Å². The number of aldehydes is 1. The summed E-state index contributed by atoms with van der Waals surface area (Å²) in [6, 6.07) is 3.65. The zero-order valence-corrected chi connectivity index (χ0v) is 9.41. The number of carbonyl (C=O) groups is 1. The highest BCUT2D eigenvalue weighted by Crippen LogP contribution is 2.30. The van der Waals surface area contributed by atoms with Gasteiger partial charge in [-0.3, -0.25) is 4.79 Å². The van der Waals surface area contributed by atoms with Crippen molar-refractivity contribution in [3.63, 3.8) is 0 Å². The molecule has 13 heavy (non-hydrogen) atoms. The number of thiophene rings is 1. The molecule has 2 aromatic heterocycles. The number of hydrogen-bond donors (Lipinski definition) is 0. The SMILES string of the molecule is O=Cc1cc2cc(Br)sc2nc1Cl. The molecule has 0 aliphatic heterocycles. The van der Waals surface area contributed by atoms with Gasteiger partial charge in [0.05, 0.1) is 9.35 Å². The zero-order valence-electron chi connectivity index (χ0n) is 6.25. The van der Waals surface area contributed by atoms with Crippen molar-refractivity contribution in [1.29, 1.82) is 0 Å². The van der Waals surface area contributed by atoms with Crippen molar-refractivity contribution in [3.8, 4) is 0 Å². The first kappa shape index (κ1) is 9.12. The third kappa shape index (κ3) is 1.61. The predicted octanol–water partition coefficient (Wildman–Crippen LogP) is 3.52. The molecule has 0 saturated heterocycles. The van der Waals surface area contributed by atoms with E-state index in [1.54, 1.807) is 6.07 Å². The molecule has 0 fully saturated rings. The van der Waals surface area contributed by atoms with E-state index in [0.29, 0.717) is 11.8 Å². The van der Waals surface area contributed by atoms with Gasteiger partial charge in [0.2, 0.25) is 0 Å². The van der Waals surface area contributed by atoms with Crippen LogP contribution in [0.25, 0.3) is 10.2 Å². The molecule has 2 rings (SSSR count). The Morgan fingerprint density at radius 2 is 2.31 bits per heavy atom. The quantitative estimate of drug-likeness (QED) is 0.589. The monoisotopic (exact) mass is 275 g/mol. The molecule has 0 atom stereocenters. The van der Waals surface area contributed by atoms with Gasteiger partial charge in [-0.15, -0.1) is 11.3 Å². The molecule has 0 spiro atoms. The van der Waals surface area contributed by atoms with Crippen molar-refractivity contribution in [2.45, 2.75) is 0 Å². The molecule has 0 aliphatic carbocycles. The number of nitrogens with zero attached hydrogens (tertiary/aromatic N) is 1. The molecule has 2 nitrogen and oxygen atoms in total. The highest BCUT2D eigenvalue weighted by molar-refractivity contribution is 9.11. The fraction of sp³-hybridized carbons (Fsp3) is 0. The average Bonchev–Trinajstić information content (AvgIpc) is 2.42. The predicted molar refractivity (Wildman–Crippen MR) is 57.7 cm³/mol. The molecule has 0 radical (unpaired) electrons. The Balaban J connectivity index is 2.79. The molecule has 0 bridgehead atoms. The first-order chi connectivity index (χ1) is 6.20. The van der Waals surface area contributed by atoms with Gasteiger partial charge < -0.3 is 0 Å².